The van der Waals surface area contributed by atoms with Crippen LogP contribution < -0.4 is 0 Å². The lowest BCUT2D eigenvalue weighted by molar-refractivity contribution is -0.142. The molecule has 0 saturated carbocycles. The summed E-state index contributed by atoms with van der Waals surface area (Å²) >= 11 is 0. The van der Waals surface area contributed by atoms with Gasteiger partial charge in [-0.3, -0.25) is 9.69 Å². The quantitative estimate of drug-likeness (QED) is 0.796. The molecule has 2 fully saturated rings. The summed E-state index contributed by atoms with van der Waals surface area (Å²) in [5.41, 5.74) is 0. The van der Waals surface area contributed by atoms with E-state index in [-0.39, 0.29) is 12.0 Å². The molecule has 0 amide bonds. The summed E-state index contributed by atoms with van der Waals surface area (Å²) in [5.74, 6) is -0.808. The predicted octanol–water partition coefficient (Wildman–Crippen LogP) is 1.74. The minimum atomic E-state index is -0.640. The third-order valence-electron chi connectivity index (χ3n) is 4.20. The van der Waals surface area contributed by atoms with Crippen molar-refractivity contribution < 1.29 is 14.6 Å². The second kappa shape index (κ2) is 5.83. The third-order valence-corrected chi connectivity index (χ3v) is 4.20. The van der Waals surface area contributed by atoms with E-state index in [1.54, 1.807) is 0 Å². The van der Waals surface area contributed by atoms with Crippen molar-refractivity contribution in [3.63, 3.8) is 0 Å². The van der Waals surface area contributed by atoms with E-state index in [0.29, 0.717) is 6.10 Å². The SMILES string of the molecule is CC1C(C(=O)O)CCN1CCCC1CCCO1. The molecule has 2 saturated heterocycles. The maximum absolute atomic E-state index is 11.0. The molecule has 4 heteroatoms. The van der Waals surface area contributed by atoms with Gasteiger partial charge in [-0.2, -0.15) is 0 Å². The summed E-state index contributed by atoms with van der Waals surface area (Å²) in [6.45, 7) is 4.91. The number of likely N-dealkylation sites (tertiary alicyclic amines) is 1. The van der Waals surface area contributed by atoms with Crippen molar-refractivity contribution in [2.75, 3.05) is 19.7 Å². The zero-order chi connectivity index (χ0) is 12.3. The van der Waals surface area contributed by atoms with Crippen LogP contribution in [0.25, 0.3) is 0 Å². The number of rotatable bonds is 5. The Balaban J connectivity index is 1.67. The summed E-state index contributed by atoms with van der Waals surface area (Å²) < 4.78 is 5.59. The molecule has 0 radical (unpaired) electrons. The van der Waals surface area contributed by atoms with Crippen LogP contribution in [0.2, 0.25) is 0 Å². The zero-order valence-corrected chi connectivity index (χ0v) is 10.6. The Morgan fingerprint density at radius 1 is 1.47 bits per heavy atom. The minimum Gasteiger partial charge on any atom is -0.481 e. The van der Waals surface area contributed by atoms with Gasteiger partial charge < -0.3 is 9.84 Å². The summed E-state index contributed by atoms with van der Waals surface area (Å²) in [6.07, 6.45) is 5.92. The Labute approximate surface area is 103 Å². The summed E-state index contributed by atoms with van der Waals surface area (Å²) in [5, 5.41) is 9.05. The van der Waals surface area contributed by atoms with E-state index in [9.17, 15) is 4.79 Å². The highest BCUT2D eigenvalue weighted by Gasteiger charge is 2.35. The predicted molar refractivity (Wildman–Crippen MR) is 65.0 cm³/mol. The van der Waals surface area contributed by atoms with E-state index in [2.05, 4.69) is 4.90 Å². The molecule has 1 N–H and O–H groups in total. The maximum atomic E-state index is 11.0. The largest absolute Gasteiger partial charge is 0.481 e. The first-order valence-corrected chi connectivity index (χ1v) is 6.77. The molecule has 3 unspecified atom stereocenters. The van der Waals surface area contributed by atoms with E-state index in [4.69, 9.17) is 9.84 Å². The first kappa shape index (κ1) is 12.8. The van der Waals surface area contributed by atoms with Crippen LogP contribution in [-0.4, -0.2) is 47.8 Å². The molecular weight excluding hydrogens is 218 g/mol. The van der Waals surface area contributed by atoms with Crippen molar-refractivity contribution in [3.8, 4) is 0 Å². The number of hydrogen-bond donors (Lipinski definition) is 1. The van der Waals surface area contributed by atoms with Crippen LogP contribution in [0.15, 0.2) is 0 Å². The lowest BCUT2D eigenvalue weighted by atomic mass is 10.0. The Kier molecular flexibility index (Phi) is 4.40. The number of carboxylic acid groups (broad SMARTS) is 1. The number of carbonyl (C=O) groups is 1. The molecule has 0 aromatic heterocycles. The molecule has 98 valence electrons. The monoisotopic (exact) mass is 241 g/mol. The lowest BCUT2D eigenvalue weighted by Crippen LogP contribution is -2.33. The molecule has 0 bridgehead atoms. The van der Waals surface area contributed by atoms with Crippen molar-refractivity contribution in [2.45, 2.75) is 51.2 Å². The summed E-state index contributed by atoms with van der Waals surface area (Å²) in [4.78, 5) is 13.3. The fourth-order valence-electron chi connectivity index (χ4n) is 3.04. The molecule has 4 nitrogen and oxygen atoms in total. The van der Waals surface area contributed by atoms with Gasteiger partial charge in [0.1, 0.15) is 0 Å². The fraction of sp³-hybridized carbons (Fsp3) is 0.923. The van der Waals surface area contributed by atoms with Crippen LogP contribution in [0.5, 0.6) is 0 Å². The number of carboxylic acids is 1. The highest BCUT2D eigenvalue weighted by Crippen LogP contribution is 2.25. The van der Waals surface area contributed by atoms with E-state index in [1.807, 2.05) is 6.92 Å². The number of ether oxygens (including phenoxy) is 1. The maximum Gasteiger partial charge on any atom is 0.308 e. The number of aliphatic carboxylic acids is 1. The van der Waals surface area contributed by atoms with Crippen molar-refractivity contribution in [2.24, 2.45) is 5.92 Å². The van der Waals surface area contributed by atoms with Gasteiger partial charge >= 0.3 is 5.97 Å². The Hall–Kier alpha value is -0.610. The van der Waals surface area contributed by atoms with E-state index >= 15 is 0 Å². The van der Waals surface area contributed by atoms with Crippen LogP contribution in [0.3, 0.4) is 0 Å². The average molecular weight is 241 g/mol. The number of hydrogen-bond acceptors (Lipinski definition) is 3. The van der Waals surface area contributed by atoms with Crippen LogP contribution in [0, 0.1) is 5.92 Å². The van der Waals surface area contributed by atoms with E-state index in [0.717, 1.165) is 39.0 Å². The van der Waals surface area contributed by atoms with Crippen molar-refractivity contribution in [1.82, 2.24) is 4.90 Å². The first-order chi connectivity index (χ1) is 8.18. The first-order valence-electron chi connectivity index (χ1n) is 6.77. The van der Waals surface area contributed by atoms with Crippen LogP contribution in [0.1, 0.15) is 39.0 Å². The Morgan fingerprint density at radius 2 is 2.29 bits per heavy atom. The van der Waals surface area contributed by atoms with Gasteiger partial charge in [0.15, 0.2) is 0 Å². The van der Waals surface area contributed by atoms with Gasteiger partial charge in [0, 0.05) is 12.6 Å². The topological polar surface area (TPSA) is 49.8 Å². The smallest absolute Gasteiger partial charge is 0.308 e. The average Bonchev–Trinajstić information content (AvgIpc) is 2.89. The van der Waals surface area contributed by atoms with E-state index in [1.165, 1.54) is 12.8 Å². The van der Waals surface area contributed by atoms with Crippen molar-refractivity contribution in [3.05, 3.63) is 0 Å². The van der Waals surface area contributed by atoms with Gasteiger partial charge in [0.05, 0.1) is 12.0 Å². The highest BCUT2D eigenvalue weighted by atomic mass is 16.5. The van der Waals surface area contributed by atoms with Crippen LogP contribution in [0.4, 0.5) is 0 Å². The fourth-order valence-corrected chi connectivity index (χ4v) is 3.04. The molecular formula is C13H23NO3. The van der Waals surface area contributed by atoms with Gasteiger partial charge in [-0.15, -0.1) is 0 Å². The Bertz CT molecular complexity index is 263. The third kappa shape index (κ3) is 3.19. The van der Waals surface area contributed by atoms with Gasteiger partial charge in [-0.1, -0.05) is 0 Å². The van der Waals surface area contributed by atoms with Gasteiger partial charge in [0.2, 0.25) is 0 Å². The molecule has 0 spiro atoms. The second-order valence-corrected chi connectivity index (χ2v) is 5.29. The standard InChI is InChI=1S/C13H23NO3/c1-10-12(13(15)16)6-8-14(10)7-2-4-11-5-3-9-17-11/h10-12H,2-9H2,1H3,(H,15,16). The molecule has 0 aliphatic carbocycles. The molecule has 0 aromatic rings. The van der Waals surface area contributed by atoms with Crippen LogP contribution in [-0.2, 0) is 9.53 Å². The lowest BCUT2D eigenvalue weighted by Gasteiger charge is -2.23. The molecule has 2 rings (SSSR count). The van der Waals surface area contributed by atoms with E-state index < -0.39 is 5.97 Å². The van der Waals surface area contributed by atoms with Gasteiger partial charge in [-0.05, 0) is 52.1 Å². The molecule has 17 heavy (non-hydrogen) atoms. The molecule has 3 atom stereocenters. The second-order valence-electron chi connectivity index (χ2n) is 5.29. The number of nitrogens with zero attached hydrogens (tertiary/aromatic N) is 1. The molecule has 2 heterocycles. The highest BCUT2D eigenvalue weighted by molar-refractivity contribution is 5.71. The van der Waals surface area contributed by atoms with Crippen molar-refractivity contribution in [1.29, 1.82) is 0 Å². The van der Waals surface area contributed by atoms with Gasteiger partial charge in [-0.25, -0.2) is 0 Å². The zero-order valence-electron chi connectivity index (χ0n) is 10.6. The molecule has 0 aromatic carbocycles. The summed E-state index contributed by atoms with van der Waals surface area (Å²) in [7, 11) is 0. The molecule has 2 aliphatic rings. The molecule has 2 aliphatic heterocycles. The van der Waals surface area contributed by atoms with Crippen LogP contribution >= 0.6 is 0 Å². The van der Waals surface area contributed by atoms with Crippen molar-refractivity contribution >= 4 is 5.97 Å². The minimum absolute atomic E-state index is 0.169. The summed E-state index contributed by atoms with van der Waals surface area (Å²) in [6, 6.07) is 0.192. The van der Waals surface area contributed by atoms with Gasteiger partial charge in [0.25, 0.3) is 0 Å². The normalized spacial score (nSPS) is 34.3. The Morgan fingerprint density at radius 3 is 2.88 bits per heavy atom.